The number of amides is 1. The van der Waals surface area contributed by atoms with Gasteiger partial charge in [-0.05, 0) is 29.8 Å². The largest absolute Gasteiger partial charge is 0.383 e. The van der Waals surface area contributed by atoms with Gasteiger partial charge in [0.05, 0.1) is 18.0 Å². The van der Waals surface area contributed by atoms with Gasteiger partial charge < -0.3 is 10.1 Å². The predicted octanol–water partition coefficient (Wildman–Crippen LogP) is 1.78. The average Bonchev–Trinajstić information content (AvgIpc) is 2.64. The number of rotatable bonds is 9. The van der Waals surface area contributed by atoms with Crippen LogP contribution in [0.15, 0.2) is 59.5 Å². The number of ether oxygens (including phenoxy) is 1. The third kappa shape index (κ3) is 5.62. The molecule has 0 heterocycles. The van der Waals surface area contributed by atoms with Crippen molar-refractivity contribution in [1.82, 2.24) is 9.62 Å². The summed E-state index contributed by atoms with van der Waals surface area (Å²) in [6, 6.07) is 13.4. The first-order valence-electron chi connectivity index (χ1n) is 7.99. The van der Waals surface area contributed by atoms with Gasteiger partial charge in [-0.15, -0.1) is 0 Å². The lowest BCUT2D eigenvalue weighted by Gasteiger charge is -2.22. The Balaban J connectivity index is 2.23. The lowest BCUT2D eigenvalue weighted by Crippen LogP contribution is -2.41. The Morgan fingerprint density at radius 2 is 1.77 bits per heavy atom. The summed E-state index contributed by atoms with van der Waals surface area (Å²) in [6.45, 7) is 0.216. The van der Waals surface area contributed by atoms with Crippen molar-refractivity contribution in [2.45, 2.75) is 11.4 Å². The highest BCUT2D eigenvalue weighted by Crippen LogP contribution is 2.18. The summed E-state index contributed by atoms with van der Waals surface area (Å²) in [5, 5.41) is 2.60. The zero-order chi connectivity index (χ0) is 19.0. The van der Waals surface area contributed by atoms with Gasteiger partial charge >= 0.3 is 0 Å². The molecule has 0 aliphatic rings. The molecule has 0 fully saturated rings. The van der Waals surface area contributed by atoms with E-state index in [0.717, 1.165) is 4.31 Å². The lowest BCUT2D eigenvalue weighted by molar-refractivity contribution is -0.121. The normalized spacial score (nSPS) is 11.5. The summed E-state index contributed by atoms with van der Waals surface area (Å²) in [6.07, 6.45) is 0. The molecule has 0 radical (unpaired) electrons. The Labute approximate surface area is 152 Å². The van der Waals surface area contributed by atoms with Crippen molar-refractivity contribution in [2.75, 3.05) is 26.8 Å². The van der Waals surface area contributed by atoms with Crippen molar-refractivity contribution >= 4 is 15.9 Å². The standard InChI is InChI=1S/C18H21FN2O4S/c1-25-12-11-20-18(22)14-21(13-15-7-9-16(19)10-8-15)26(23,24)17-5-3-2-4-6-17/h2-10H,11-14H2,1H3,(H,20,22). The minimum Gasteiger partial charge on any atom is -0.383 e. The molecule has 0 bridgehead atoms. The van der Waals surface area contributed by atoms with E-state index in [1.807, 2.05) is 0 Å². The number of benzene rings is 2. The molecule has 0 spiro atoms. The summed E-state index contributed by atoms with van der Waals surface area (Å²) < 4.78 is 44.9. The maximum absolute atomic E-state index is 13.1. The van der Waals surface area contributed by atoms with Gasteiger partial charge in [0.2, 0.25) is 15.9 Å². The van der Waals surface area contributed by atoms with Crippen molar-refractivity contribution in [3.8, 4) is 0 Å². The molecule has 26 heavy (non-hydrogen) atoms. The van der Waals surface area contributed by atoms with Crippen LogP contribution in [0.5, 0.6) is 0 Å². The molecule has 0 atom stereocenters. The highest BCUT2D eigenvalue weighted by atomic mass is 32.2. The summed E-state index contributed by atoms with van der Waals surface area (Å²) in [7, 11) is -2.38. The number of hydrogen-bond donors (Lipinski definition) is 1. The van der Waals surface area contributed by atoms with Crippen LogP contribution in [0.1, 0.15) is 5.56 Å². The van der Waals surface area contributed by atoms with Crippen molar-refractivity contribution in [3.05, 3.63) is 66.0 Å². The van der Waals surface area contributed by atoms with Gasteiger partial charge in [-0.1, -0.05) is 30.3 Å². The number of carbonyl (C=O) groups is 1. The molecule has 6 nitrogen and oxygen atoms in total. The van der Waals surface area contributed by atoms with E-state index < -0.39 is 21.7 Å². The Bertz CT molecular complexity index is 811. The maximum atomic E-state index is 13.1. The summed E-state index contributed by atoms with van der Waals surface area (Å²) in [5.41, 5.74) is 0.579. The molecule has 1 amide bonds. The third-order valence-electron chi connectivity index (χ3n) is 3.60. The number of nitrogens with one attached hydrogen (secondary N) is 1. The first-order chi connectivity index (χ1) is 12.4. The van der Waals surface area contributed by atoms with Crippen LogP contribution in [-0.2, 0) is 26.1 Å². The van der Waals surface area contributed by atoms with E-state index >= 15 is 0 Å². The molecule has 8 heteroatoms. The Hall–Kier alpha value is -2.29. The van der Waals surface area contributed by atoms with Crippen LogP contribution in [0.2, 0.25) is 0 Å². The highest BCUT2D eigenvalue weighted by molar-refractivity contribution is 7.89. The first kappa shape index (κ1) is 20.0. The van der Waals surface area contributed by atoms with Gasteiger partial charge in [-0.25, -0.2) is 12.8 Å². The molecule has 0 saturated heterocycles. The van der Waals surface area contributed by atoms with E-state index in [2.05, 4.69) is 5.32 Å². The van der Waals surface area contributed by atoms with Crippen LogP contribution in [-0.4, -0.2) is 45.4 Å². The van der Waals surface area contributed by atoms with Gasteiger partial charge in [0.25, 0.3) is 0 Å². The molecule has 2 aromatic carbocycles. The van der Waals surface area contributed by atoms with Crippen LogP contribution in [0.3, 0.4) is 0 Å². The van der Waals surface area contributed by atoms with E-state index in [-0.39, 0.29) is 24.5 Å². The minimum atomic E-state index is -3.89. The summed E-state index contributed by atoms with van der Waals surface area (Å²) >= 11 is 0. The molecule has 0 aromatic heterocycles. The Morgan fingerprint density at radius 1 is 1.12 bits per heavy atom. The topological polar surface area (TPSA) is 75.7 Å². The second kappa shape index (κ2) is 9.42. The SMILES string of the molecule is COCCNC(=O)CN(Cc1ccc(F)cc1)S(=O)(=O)c1ccccc1. The van der Waals surface area contributed by atoms with Crippen LogP contribution < -0.4 is 5.32 Å². The van der Waals surface area contributed by atoms with Crippen LogP contribution in [0.4, 0.5) is 4.39 Å². The van der Waals surface area contributed by atoms with E-state index in [9.17, 15) is 17.6 Å². The monoisotopic (exact) mass is 380 g/mol. The molecular formula is C18H21FN2O4S. The first-order valence-corrected chi connectivity index (χ1v) is 9.43. The second-order valence-electron chi connectivity index (χ2n) is 5.56. The van der Waals surface area contributed by atoms with Crippen LogP contribution in [0, 0.1) is 5.82 Å². The second-order valence-corrected chi connectivity index (χ2v) is 7.49. The molecule has 0 aliphatic heterocycles. The Kier molecular flexibility index (Phi) is 7.26. The van der Waals surface area contributed by atoms with Gasteiger partial charge in [-0.3, -0.25) is 4.79 Å². The van der Waals surface area contributed by atoms with Crippen LogP contribution >= 0.6 is 0 Å². The van der Waals surface area contributed by atoms with E-state index in [4.69, 9.17) is 4.74 Å². The number of methoxy groups -OCH3 is 1. The molecule has 0 aliphatic carbocycles. The zero-order valence-corrected chi connectivity index (χ0v) is 15.2. The van der Waals surface area contributed by atoms with Gasteiger partial charge in [0, 0.05) is 20.2 Å². The van der Waals surface area contributed by atoms with Crippen molar-refractivity contribution < 1.29 is 22.3 Å². The van der Waals surface area contributed by atoms with Gasteiger partial charge in [0.1, 0.15) is 5.82 Å². The molecular weight excluding hydrogens is 359 g/mol. The lowest BCUT2D eigenvalue weighted by atomic mass is 10.2. The van der Waals surface area contributed by atoms with Gasteiger partial charge in [-0.2, -0.15) is 4.31 Å². The molecule has 2 rings (SSSR count). The van der Waals surface area contributed by atoms with E-state index in [1.54, 1.807) is 18.2 Å². The third-order valence-corrected chi connectivity index (χ3v) is 5.41. The fourth-order valence-electron chi connectivity index (χ4n) is 2.27. The number of carbonyl (C=O) groups excluding carboxylic acids is 1. The molecule has 0 saturated carbocycles. The minimum absolute atomic E-state index is 0.0464. The Morgan fingerprint density at radius 3 is 2.38 bits per heavy atom. The fourth-order valence-corrected chi connectivity index (χ4v) is 3.67. The number of sulfonamides is 1. The van der Waals surface area contributed by atoms with Crippen molar-refractivity contribution in [2.24, 2.45) is 0 Å². The molecule has 2 aromatic rings. The number of nitrogens with zero attached hydrogens (tertiary/aromatic N) is 1. The van der Waals surface area contributed by atoms with Crippen molar-refractivity contribution in [3.63, 3.8) is 0 Å². The fraction of sp³-hybridized carbons (Fsp3) is 0.278. The summed E-state index contributed by atoms with van der Waals surface area (Å²) in [5.74, 6) is -0.854. The average molecular weight is 380 g/mol. The zero-order valence-electron chi connectivity index (χ0n) is 14.4. The molecule has 140 valence electrons. The quantitative estimate of drug-likeness (QED) is 0.673. The van der Waals surface area contributed by atoms with Crippen molar-refractivity contribution in [1.29, 1.82) is 0 Å². The molecule has 0 unspecified atom stereocenters. The maximum Gasteiger partial charge on any atom is 0.243 e. The number of hydrogen-bond acceptors (Lipinski definition) is 4. The number of halogens is 1. The summed E-state index contributed by atoms with van der Waals surface area (Å²) in [4.78, 5) is 12.2. The smallest absolute Gasteiger partial charge is 0.243 e. The highest BCUT2D eigenvalue weighted by Gasteiger charge is 2.26. The van der Waals surface area contributed by atoms with E-state index in [0.29, 0.717) is 12.2 Å². The van der Waals surface area contributed by atoms with E-state index in [1.165, 1.54) is 43.5 Å². The van der Waals surface area contributed by atoms with Crippen LogP contribution in [0.25, 0.3) is 0 Å². The van der Waals surface area contributed by atoms with Gasteiger partial charge in [0.15, 0.2) is 0 Å². The molecule has 1 N–H and O–H groups in total. The predicted molar refractivity (Wildman–Crippen MR) is 95.3 cm³/mol.